The predicted molar refractivity (Wildman–Crippen MR) is 74.1 cm³/mol. The molecule has 1 aliphatic heterocycles. The number of piperidine rings is 1. The molecule has 0 unspecified atom stereocenters. The van der Waals surface area contributed by atoms with Crippen molar-refractivity contribution in [3.63, 3.8) is 0 Å². The molecule has 3 nitrogen and oxygen atoms in total. The molecule has 19 heavy (non-hydrogen) atoms. The smallest absolute Gasteiger partial charge is 0.253 e. The van der Waals surface area contributed by atoms with Crippen molar-refractivity contribution < 1.29 is 9.59 Å². The van der Waals surface area contributed by atoms with Crippen LogP contribution in [0.3, 0.4) is 0 Å². The highest BCUT2D eigenvalue weighted by atomic mass is 16.2. The number of carbonyl (C=O) groups is 2. The third-order valence-corrected chi connectivity index (χ3v) is 3.60. The second-order valence-corrected chi connectivity index (χ2v) is 4.89. The average molecular weight is 253 g/mol. The van der Waals surface area contributed by atoms with E-state index in [4.69, 9.17) is 0 Å². The van der Waals surface area contributed by atoms with Crippen molar-refractivity contribution in [1.29, 1.82) is 0 Å². The maximum atomic E-state index is 12.4. The van der Waals surface area contributed by atoms with Crippen LogP contribution in [0.2, 0.25) is 0 Å². The van der Waals surface area contributed by atoms with Crippen molar-refractivity contribution in [2.45, 2.75) is 12.8 Å². The summed E-state index contributed by atoms with van der Waals surface area (Å²) in [7, 11) is 0. The summed E-state index contributed by atoms with van der Waals surface area (Å²) in [4.78, 5) is 25.3. The Balaban J connectivity index is 1.87. The van der Waals surface area contributed by atoms with Crippen molar-refractivity contribution >= 4 is 22.5 Å². The molecule has 0 bridgehead atoms. The molecule has 0 saturated carbocycles. The minimum atomic E-state index is 0.0262. The molecule has 2 aromatic carbocycles. The van der Waals surface area contributed by atoms with E-state index in [1.54, 1.807) is 4.90 Å². The minimum absolute atomic E-state index is 0.0262. The molecular formula is C16H15NO2. The first-order valence-corrected chi connectivity index (χ1v) is 6.54. The van der Waals surface area contributed by atoms with E-state index in [1.165, 1.54) is 0 Å². The third-order valence-electron chi connectivity index (χ3n) is 3.60. The van der Waals surface area contributed by atoms with E-state index >= 15 is 0 Å². The zero-order valence-corrected chi connectivity index (χ0v) is 10.6. The molecule has 96 valence electrons. The lowest BCUT2D eigenvalue weighted by molar-refractivity contribution is -0.120. The van der Waals surface area contributed by atoms with Gasteiger partial charge in [-0.3, -0.25) is 9.59 Å². The monoisotopic (exact) mass is 253 g/mol. The Morgan fingerprint density at radius 1 is 0.947 bits per heavy atom. The summed E-state index contributed by atoms with van der Waals surface area (Å²) in [5.74, 6) is 0.279. The Labute approximate surface area is 111 Å². The zero-order valence-electron chi connectivity index (χ0n) is 10.6. The molecule has 2 aromatic rings. The van der Waals surface area contributed by atoms with Crippen molar-refractivity contribution in [3.8, 4) is 0 Å². The van der Waals surface area contributed by atoms with Gasteiger partial charge >= 0.3 is 0 Å². The second kappa shape index (κ2) is 4.84. The summed E-state index contributed by atoms with van der Waals surface area (Å²) in [6.07, 6.45) is 0.971. The Hall–Kier alpha value is -2.16. The lowest BCUT2D eigenvalue weighted by Crippen LogP contribution is -2.38. The molecule has 3 heteroatoms. The second-order valence-electron chi connectivity index (χ2n) is 4.89. The van der Waals surface area contributed by atoms with Gasteiger partial charge in [0.25, 0.3) is 5.91 Å². The van der Waals surface area contributed by atoms with Crippen LogP contribution in [0.15, 0.2) is 42.5 Å². The van der Waals surface area contributed by atoms with Crippen molar-refractivity contribution in [2.24, 2.45) is 0 Å². The maximum Gasteiger partial charge on any atom is 0.253 e. The Kier molecular flexibility index (Phi) is 3.03. The van der Waals surface area contributed by atoms with Crippen LogP contribution in [0.5, 0.6) is 0 Å². The normalized spacial score (nSPS) is 15.8. The van der Waals surface area contributed by atoms with E-state index < -0.39 is 0 Å². The molecule has 1 fully saturated rings. The van der Waals surface area contributed by atoms with Gasteiger partial charge in [-0.05, 0) is 22.9 Å². The highest BCUT2D eigenvalue weighted by Crippen LogP contribution is 2.18. The Bertz CT molecular complexity index is 638. The lowest BCUT2D eigenvalue weighted by atomic mass is 10.0. The molecule has 0 atom stereocenters. The van der Waals surface area contributed by atoms with E-state index in [1.807, 2.05) is 42.5 Å². The van der Waals surface area contributed by atoms with E-state index in [9.17, 15) is 9.59 Å². The number of Topliss-reactive ketones (excluding diaryl/α,β-unsaturated/α-hetero) is 1. The third kappa shape index (κ3) is 2.36. The molecular weight excluding hydrogens is 238 g/mol. The topological polar surface area (TPSA) is 37.4 Å². The van der Waals surface area contributed by atoms with Gasteiger partial charge in [-0.15, -0.1) is 0 Å². The van der Waals surface area contributed by atoms with Crippen LogP contribution >= 0.6 is 0 Å². The van der Waals surface area contributed by atoms with Crippen molar-refractivity contribution in [2.75, 3.05) is 13.1 Å². The summed E-state index contributed by atoms with van der Waals surface area (Å²) >= 11 is 0. The number of fused-ring (bicyclic) bond motifs is 1. The van der Waals surface area contributed by atoms with Gasteiger partial charge in [-0.1, -0.05) is 30.3 Å². The van der Waals surface area contributed by atoms with Crippen molar-refractivity contribution in [3.05, 3.63) is 48.0 Å². The SMILES string of the molecule is O=C1CCN(C(=O)c2ccc3ccccc3c2)CC1. The van der Waals surface area contributed by atoms with Gasteiger partial charge in [-0.25, -0.2) is 0 Å². The number of amides is 1. The van der Waals surface area contributed by atoms with Gasteiger partial charge in [0.1, 0.15) is 5.78 Å². The molecule has 0 aliphatic carbocycles. The summed E-state index contributed by atoms with van der Waals surface area (Å²) in [5.41, 5.74) is 0.702. The van der Waals surface area contributed by atoms with Gasteiger partial charge < -0.3 is 4.90 Å². The molecule has 0 radical (unpaired) electrons. The fourth-order valence-electron chi connectivity index (χ4n) is 2.46. The number of rotatable bonds is 1. The first-order chi connectivity index (χ1) is 9.24. The van der Waals surface area contributed by atoms with Crippen LogP contribution in [0.4, 0.5) is 0 Å². The first-order valence-electron chi connectivity index (χ1n) is 6.54. The number of hydrogen-bond acceptors (Lipinski definition) is 2. The van der Waals surface area contributed by atoms with Gasteiger partial charge in [0.05, 0.1) is 0 Å². The largest absolute Gasteiger partial charge is 0.338 e. The molecule has 0 aromatic heterocycles. The molecule has 3 rings (SSSR count). The number of hydrogen-bond donors (Lipinski definition) is 0. The van der Waals surface area contributed by atoms with Crippen molar-refractivity contribution in [1.82, 2.24) is 4.90 Å². The van der Waals surface area contributed by atoms with Gasteiger partial charge in [0, 0.05) is 31.5 Å². The number of nitrogens with zero attached hydrogens (tertiary/aromatic N) is 1. The number of ketones is 1. The van der Waals surface area contributed by atoms with Crippen LogP contribution in [-0.4, -0.2) is 29.7 Å². The highest BCUT2D eigenvalue weighted by molar-refractivity contribution is 5.99. The molecule has 1 amide bonds. The molecule has 0 N–H and O–H groups in total. The maximum absolute atomic E-state index is 12.4. The first kappa shape index (κ1) is 11.9. The van der Waals surface area contributed by atoms with E-state index in [0.29, 0.717) is 31.5 Å². The fraction of sp³-hybridized carbons (Fsp3) is 0.250. The van der Waals surface area contributed by atoms with Crippen LogP contribution in [-0.2, 0) is 4.79 Å². The van der Waals surface area contributed by atoms with E-state index in [2.05, 4.69) is 0 Å². The standard InChI is InChI=1S/C16H15NO2/c18-15-7-9-17(10-8-15)16(19)14-6-5-12-3-1-2-4-13(12)11-14/h1-6,11H,7-10H2. The van der Waals surface area contributed by atoms with Gasteiger partial charge in [0.2, 0.25) is 0 Å². The molecule has 1 saturated heterocycles. The summed E-state index contributed by atoms with van der Waals surface area (Å²) in [5, 5.41) is 2.20. The van der Waals surface area contributed by atoms with Gasteiger partial charge in [0.15, 0.2) is 0 Å². The average Bonchev–Trinajstić information content (AvgIpc) is 2.47. The molecule has 1 heterocycles. The van der Waals surface area contributed by atoms with Gasteiger partial charge in [-0.2, -0.15) is 0 Å². The van der Waals surface area contributed by atoms with E-state index in [-0.39, 0.29) is 11.7 Å². The Morgan fingerprint density at radius 2 is 1.63 bits per heavy atom. The lowest BCUT2D eigenvalue weighted by Gasteiger charge is -2.26. The van der Waals surface area contributed by atoms with Crippen LogP contribution in [0.25, 0.3) is 10.8 Å². The highest BCUT2D eigenvalue weighted by Gasteiger charge is 2.21. The number of benzene rings is 2. The fourth-order valence-corrected chi connectivity index (χ4v) is 2.46. The minimum Gasteiger partial charge on any atom is -0.338 e. The van der Waals surface area contributed by atoms with Crippen LogP contribution < -0.4 is 0 Å². The Morgan fingerprint density at radius 3 is 2.37 bits per heavy atom. The summed E-state index contributed by atoms with van der Waals surface area (Å²) in [6.45, 7) is 1.09. The number of likely N-dealkylation sites (tertiary alicyclic amines) is 1. The summed E-state index contributed by atoms with van der Waals surface area (Å²) in [6, 6.07) is 13.7. The molecule has 0 spiro atoms. The van der Waals surface area contributed by atoms with E-state index in [0.717, 1.165) is 10.8 Å². The predicted octanol–water partition coefficient (Wildman–Crippen LogP) is 2.64. The molecule has 1 aliphatic rings. The van der Waals surface area contributed by atoms with Crippen LogP contribution in [0.1, 0.15) is 23.2 Å². The summed E-state index contributed by atoms with van der Waals surface area (Å²) < 4.78 is 0. The quantitative estimate of drug-likeness (QED) is 0.783. The van der Waals surface area contributed by atoms with Crippen LogP contribution in [0, 0.1) is 0 Å². The number of carbonyl (C=O) groups excluding carboxylic acids is 2. The zero-order chi connectivity index (χ0) is 13.2.